The van der Waals surface area contributed by atoms with Crippen LogP contribution in [0.15, 0.2) is 47.1 Å². The van der Waals surface area contributed by atoms with Crippen molar-refractivity contribution in [2.24, 2.45) is 0 Å². The molecule has 0 saturated carbocycles. The number of benzene rings is 1. The molecule has 0 aliphatic rings. The Hall–Kier alpha value is -1.39. The summed E-state index contributed by atoms with van der Waals surface area (Å²) in [5.41, 5.74) is 1.77. The number of aromatic nitrogens is 3. The summed E-state index contributed by atoms with van der Waals surface area (Å²) in [6, 6.07) is 11.5. The fourth-order valence-electron chi connectivity index (χ4n) is 1.69. The summed E-state index contributed by atoms with van der Waals surface area (Å²) in [6.07, 6.45) is 1.81. The highest BCUT2D eigenvalue weighted by atomic mass is 79.9. The van der Waals surface area contributed by atoms with E-state index in [4.69, 9.17) is 11.6 Å². The van der Waals surface area contributed by atoms with Gasteiger partial charge in [-0.2, -0.15) is 0 Å². The maximum Gasteiger partial charge on any atom is 0.169 e. The zero-order valence-corrected chi connectivity index (χ0v) is 11.0. The van der Waals surface area contributed by atoms with Gasteiger partial charge in [-0.1, -0.05) is 45.7 Å². The summed E-state index contributed by atoms with van der Waals surface area (Å²) in [5, 5.41) is 8.96. The third-order valence-corrected chi connectivity index (χ3v) is 3.40. The number of hydrogen-bond donors (Lipinski definition) is 0. The predicted molar refractivity (Wildman–Crippen MR) is 71.1 cm³/mol. The Bertz CT molecular complexity index is 693. The second kappa shape index (κ2) is 4.13. The molecule has 0 N–H and O–H groups in total. The van der Waals surface area contributed by atoms with Crippen LogP contribution in [0.3, 0.4) is 0 Å². The number of nitrogens with zero attached hydrogens (tertiary/aromatic N) is 3. The number of rotatable bonds is 1. The molecule has 0 saturated heterocycles. The average molecular weight is 309 g/mol. The molecule has 0 atom stereocenters. The van der Waals surface area contributed by atoms with Crippen molar-refractivity contribution in [3.63, 3.8) is 0 Å². The van der Waals surface area contributed by atoms with Gasteiger partial charge in [0.05, 0.1) is 5.02 Å². The Morgan fingerprint density at radius 2 is 1.88 bits per heavy atom. The summed E-state index contributed by atoms with van der Waals surface area (Å²) in [4.78, 5) is 0. The molecule has 0 bridgehead atoms. The van der Waals surface area contributed by atoms with Crippen LogP contribution in [0.2, 0.25) is 5.02 Å². The van der Waals surface area contributed by atoms with Crippen LogP contribution in [-0.2, 0) is 0 Å². The quantitative estimate of drug-likeness (QED) is 0.684. The minimum Gasteiger partial charge on any atom is -0.281 e. The van der Waals surface area contributed by atoms with Crippen molar-refractivity contribution in [2.75, 3.05) is 0 Å². The van der Waals surface area contributed by atoms with Gasteiger partial charge >= 0.3 is 0 Å². The second-order valence-corrected chi connectivity index (χ2v) is 4.87. The molecule has 0 aliphatic carbocycles. The van der Waals surface area contributed by atoms with Crippen LogP contribution in [0.4, 0.5) is 0 Å². The smallest absolute Gasteiger partial charge is 0.169 e. The number of halogens is 2. The molecule has 3 rings (SSSR count). The van der Waals surface area contributed by atoms with Gasteiger partial charge < -0.3 is 0 Å². The topological polar surface area (TPSA) is 30.2 Å². The average Bonchev–Trinajstić information content (AvgIpc) is 2.72. The molecule has 0 aliphatic heterocycles. The van der Waals surface area contributed by atoms with Gasteiger partial charge in [-0.3, -0.25) is 4.40 Å². The van der Waals surface area contributed by atoms with Gasteiger partial charge in [0.1, 0.15) is 0 Å². The predicted octanol–water partition coefficient (Wildman–Crippen LogP) is 3.81. The zero-order valence-electron chi connectivity index (χ0n) is 8.64. The minimum absolute atomic E-state index is 0.658. The van der Waals surface area contributed by atoms with Crippen LogP contribution in [0, 0.1) is 0 Å². The van der Waals surface area contributed by atoms with E-state index in [0.29, 0.717) is 5.02 Å². The van der Waals surface area contributed by atoms with Crippen LogP contribution in [0.25, 0.3) is 17.0 Å². The molecular formula is C12H7BrClN3. The highest BCUT2D eigenvalue weighted by Crippen LogP contribution is 2.27. The van der Waals surface area contributed by atoms with Gasteiger partial charge in [-0.25, -0.2) is 0 Å². The summed E-state index contributed by atoms with van der Waals surface area (Å²) in [5.74, 6) is 0.773. The Labute approximate surface area is 111 Å². The molecule has 0 fully saturated rings. The van der Waals surface area contributed by atoms with Gasteiger partial charge in [-0.15, -0.1) is 10.2 Å². The van der Waals surface area contributed by atoms with E-state index in [9.17, 15) is 0 Å². The van der Waals surface area contributed by atoms with E-state index in [0.717, 1.165) is 21.5 Å². The molecule has 0 radical (unpaired) electrons. The van der Waals surface area contributed by atoms with Crippen LogP contribution < -0.4 is 0 Å². The first kappa shape index (κ1) is 10.7. The molecule has 17 heavy (non-hydrogen) atoms. The fourth-order valence-corrected chi connectivity index (χ4v) is 2.31. The molecular weight excluding hydrogens is 302 g/mol. The van der Waals surface area contributed by atoms with Crippen molar-refractivity contribution < 1.29 is 0 Å². The number of pyridine rings is 1. The van der Waals surface area contributed by atoms with Crippen LogP contribution >= 0.6 is 27.5 Å². The van der Waals surface area contributed by atoms with Gasteiger partial charge in [-0.05, 0) is 18.2 Å². The minimum atomic E-state index is 0.658. The normalized spacial score (nSPS) is 10.9. The van der Waals surface area contributed by atoms with E-state index in [1.54, 1.807) is 6.07 Å². The molecule has 84 valence electrons. The van der Waals surface area contributed by atoms with E-state index in [1.807, 2.05) is 40.9 Å². The largest absolute Gasteiger partial charge is 0.281 e. The van der Waals surface area contributed by atoms with E-state index in [-0.39, 0.29) is 0 Å². The van der Waals surface area contributed by atoms with Crippen molar-refractivity contribution in [2.45, 2.75) is 0 Å². The maximum atomic E-state index is 5.99. The first-order valence-corrected chi connectivity index (χ1v) is 6.18. The Morgan fingerprint density at radius 1 is 1.06 bits per heavy atom. The monoisotopic (exact) mass is 307 g/mol. The lowest BCUT2D eigenvalue weighted by atomic mass is 10.2. The highest BCUT2D eigenvalue weighted by molar-refractivity contribution is 9.10. The second-order valence-electron chi connectivity index (χ2n) is 3.58. The standard InChI is InChI=1S/C12H7BrClN3/c13-10-4-2-1-3-9(10)12-16-15-11-6-5-8(14)7-17(11)12/h1-7H. The number of hydrogen-bond acceptors (Lipinski definition) is 2. The summed E-state index contributed by atoms with van der Waals surface area (Å²) in [6.45, 7) is 0. The SMILES string of the molecule is Clc1ccc2nnc(-c3ccccc3Br)n2c1. The lowest BCUT2D eigenvalue weighted by Crippen LogP contribution is -1.89. The van der Waals surface area contributed by atoms with Gasteiger partial charge in [0, 0.05) is 16.2 Å². The highest BCUT2D eigenvalue weighted by Gasteiger charge is 2.10. The summed E-state index contributed by atoms with van der Waals surface area (Å²) in [7, 11) is 0. The van der Waals surface area contributed by atoms with Crippen molar-refractivity contribution in [3.05, 3.63) is 52.1 Å². The fraction of sp³-hybridized carbons (Fsp3) is 0. The third-order valence-electron chi connectivity index (χ3n) is 2.48. The molecule has 0 unspecified atom stereocenters. The number of fused-ring (bicyclic) bond motifs is 1. The summed E-state index contributed by atoms with van der Waals surface area (Å²) >= 11 is 9.49. The lowest BCUT2D eigenvalue weighted by Gasteiger charge is -2.02. The molecule has 2 aromatic heterocycles. The van der Waals surface area contributed by atoms with E-state index >= 15 is 0 Å². The molecule has 1 aromatic carbocycles. The Kier molecular flexibility index (Phi) is 2.61. The molecule has 0 spiro atoms. The first-order chi connectivity index (χ1) is 8.25. The molecule has 5 heteroatoms. The van der Waals surface area contributed by atoms with Crippen molar-refractivity contribution >= 4 is 33.2 Å². The van der Waals surface area contributed by atoms with Crippen LogP contribution in [-0.4, -0.2) is 14.6 Å². The first-order valence-electron chi connectivity index (χ1n) is 5.01. The molecule has 0 amide bonds. The summed E-state index contributed by atoms with van der Waals surface area (Å²) < 4.78 is 2.86. The van der Waals surface area contributed by atoms with E-state index in [2.05, 4.69) is 26.1 Å². The third kappa shape index (κ3) is 1.83. The van der Waals surface area contributed by atoms with Crippen LogP contribution in [0.5, 0.6) is 0 Å². The van der Waals surface area contributed by atoms with Crippen LogP contribution in [0.1, 0.15) is 0 Å². The Morgan fingerprint density at radius 3 is 2.71 bits per heavy atom. The van der Waals surface area contributed by atoms with E-state index in [1.165, 1.54) is 0 Å². The maximum absolute atomic E-state index is 5.99. The molecule has 3 nitrogen and oxygen atoms in total. The van der Waals surface area contributed by atoms with Crippen molar-refractivity contribution in [3.8, 4) is 11.4 Å². The van der Waals surface area contributed by atoms with E-state index < -0.39 is 0 Å². The van der Waals surface area contributed by atoms with Gasteiger partial charge in [0.25, 0.3) is 0 Å². The van der Waals surface area contributed by atoms with Crippen molar-refractivity contribution in [1.29, 1.82) is 0 Å². The van der Waals surface area contributed by atoms with Gasteiger partial charge in [0.15, 0.2) is 11.5 Å². The van der Waals surface area contributed by atoms with Crippen molar-refractivity contribution in [1.82, 2.24) is 14.6 Å². The Balaban J connectivity index is 2.31. The molecule has 3 aromatic rings. The lowest BCUT2D eigenvalue weighted by molar-refractivity contribution is 1.11. The molecule has 2 heterocycles. The van der Waals surface area contributed by atoms with Gasteiger partial charge in [0.2, 0.25) is 0 Å². The zero-order chi connectivity index (χ0) is 11.8.